The molecule has 0 saturated carbocycles. The Morgan fingerprint density at radius 1 is 1.33 bits per heavy atom. The monoisotopic (exact) mass is 328 g/mol. The number of rotatable bonds is 4. The van der Waals surface area contributed by atoms with E-state index in [9.17, 15) is 0 Å². The minimum Gasteiger partial charge on any atom is -0.444 e. The first-order valence-electron chi connectivity index (χ1n) is 5.64. The number of hydrogen-bond acceptors (Lipinski definition) is 3. The summed E-state index contributed by atoms with van der Waals surface area (Å²) in [6.07, 6.45) is 0. The van der Waals surface area contributed by atoms with Crippen LogP contribution in [0.4, 0.5) is 0 Å². The largest absolute Gasteiger partial charge is 0.444 e. The Balaban J connectivity index is 1.92. The predicted molar refractivity (Wildman–Crippen MR) is 75.7 cm³/mol. The first-order valence-corrected chi connectivity index (χ1v) is 6.81. The van der Waals surface area contributed by atoms with Crippen molar-refractivity contribution >= 4 is 27.5 Å². The van der Waals surface area contributed by atoms with E-state index in [0.717, 1.165) is 38.9 Å². The van der Waals surface area contributed by atoms with Gasteiger partial charge in [0.1, 0.15) is 5.76 Å². The number of halogens is 2. The maximum atomic E-state index is 5.89. The third-order valence-corrected chi connectivity index (χ3v) is 3.65. The van der Waals surface area contributed by atoms with Gasteiger partial charge in [-0.05, 0) is 31.5 Å². The molecular formula is C13H14BrClN2O. The molecule has 2 rings (SSSR count). The molecule has 18 heavy (non-hydrogen) atoms. The molecule has 0 aliphatic carbocycles. The van der Waals surface area contributed by atoms with Gasteiger partial charge in [-0.25, -0.2) is 4.98 Å². The third-order valence-electron chi connectivity index (χ3n) is 2.68. The van der Waals surface area contributed by atoms with Gasteiger partial charge in [0.2, 0.25) is 5.89 Å². The van der Waals surface area contributed by atoms with Crippen LogP contribution in [0.1, 0.15) is 22.9 Å². The zero-order chi connectivity index (χ0) is 13.1. The zero-order valence-electron chi connectivity index (χ0n) is 10.3. The predicted octanol–water partition coefficient (Wildman–Crippen LogP) is 4.00. The number of hydrogen-bond donors (Lipinski definition) is 1. The van der Waals surface area contributed by atoms with E-state index in [0.29, 0.717) is 6.54 Å². The van der Waals surface area contributed by atoms with Crippen LogP contribution in [0.2, 0.25) is 5.02 Å². The number of oxazole rings is 1. The standard InChI is InChI=1S/C13H14BrClN2O/c1-8-9(2)18-13(17-8)7-16-6-10-3-4-11(15)5-12(10)14/h3-5,16H,6-7H2,1-2H3. The summed E-state index contributed by atoms with van der Waals surface area (Å²) in [5.41, 5.74) is 2.10. The van der Waals surface area contributed by atoms with Crippen molar-refractivity contribution in [2.45, 2.75) is 26.9 Å². The van der Waals surface area contributed by atoms with Crippen LogP contribution in [0.25, 0.3) is 0 Å². The van der Waals surface area contributed by atoms with Crippen molar-refractivity contribution in [3.63, 3.8) is 0 Å². The molecule has 1 N–H and O–H groups in total. The summed E-state index contributed by atoms with van der Waals surface area (Å²) in [6, 6.07) is 5.76. The van der Waals surface area contributed by atoms with Crippen LogP contribution in [-0.4, -0.2) is 4.98 Å². The van der Waals surface area contributed by atoms with Crippen molar-refractivity contribution in [1.29, 1.82) is 0 Å². The van der Waals surface area contributed by atoms with E-state index in [1.54, 1.807) is 0 Å². The second-order valence-corrected chi connectivity index (χ2v) is 5.38. The maximum Gasteiger partial charge on any atom is 0.208 e. The summed E-state index contributed by atoms with van der Waals surface area (Å²) in [5, 5.41) is 4.02. The van der Waals surface area contributed by atoms with Crippen molar-refractivity contribution in [2.24, 2.45) is 0 Å². The number of benzene rings is 1. The third kappa shape index (κ3) is 3.34. The minimum absolute atomic E-state index is 0.615. The van der Waals surface area contributed by atoms with E-state index >= 15 is 0 Å². The van der Waals surface area contributed by atoms with E-state index in [2.05, 4.69) is 26.2 Å². The molecule has 0 aliphatic rings. The lowest BCUT2D eigenvalue weighted by molar-refractivity contribution is 0.448. The first-order chi connectivity index (χ1) is 8.56. The Morgan fingerprint density at radius 2 is 2.11 bits per heavy atom. The highest BCUT2D eigenvalue weighted by Gasteiger charge is 2.05. The Hall–Kier alpha value is -0.840. The summed E-state index contributed by atoms with van der Waals surface area (Å²) in [5.74, 6) is 1.59. The first kappa shape index (κ1) is 13.6. The van der Waals surface area contributed by atoms with Crippen LogP contribution >= 0.6 is 27.5 Å². The van der Waals surface area contributed by atoms with Crippen molar-refractivity contribution in [3.8, 4) is 0 Å². The van der Waals surface area contributed by atoms with Gasteiger partial charge in [-0.1, -0.05) is 33.6 Å². The normalized spacial score (nSPS) is 10.9. The summed E-state index contributed by atoms with van der Waals surface area (Å²) < 4.78 is 6.50. The highest BCUT2D eigenvalue weighted by Crippen LogP contribution is 2.21. The van der Waals surface area contributed by atoms with E-state index in [1.807, 2.05) is 32.0 Å². The fourth-order valence-electron chi connectivity index (χ4n) is 1.58. The van der Waals surface area contributed by atoms with Gasteiger partial charge in [0.05, 0.1) is 12.2 Å². The van der Waals surface area contributed by atoms with Crippen molar-refractivity contribution in [1.82, 2.24) is 10.3 Å². The van der Waals surface area contributed by atoms with Crippen molar-refractivity contribution in [3.05, 3.63) is 50.6 Å². The van der Waals surface area contributed by atoms with Crippen LogP contribution in [-0.2, 0) is 13.1 Å². The fraction of sp³-hybridized carbons (Fsp3) is 0.308. The quantitative estimate of drug-likeness (QED) is 0.921. The minimum atomic E-state index is 0.615. The van der Waals surface area contributed by atoms with Gasteiger partial charge in [-0.2, -0.15) is 0 Å². The Morgan fingerprint density at radius 3 is 2.72 bits per heavy atom. The van der Waals surface area contributed by atoms with Gasteiger partial charge in [-0.3, -0.25) is 0 Å². The fourth-order valence-corrected chi connectivity index (χ4v) is 2.41. The number of nitrogens with zero attached hydrogens (tertiary/aromatic N) is 1. The molecule has 0 atom stereocenters. The molecule has 0 bridgehead atoms. The lowest BCUT2D eigenvalue weighted by Gasteiger charge is -2.05. The molecule has 1 aromatic carbocycles. The summed E-state index contributed by atoms with van der Waals surface area (Å²) in [4.78, 5) is 4.32. The molecule has 0 unspecified atom stereocenters. The topological polar surface area (TPSA) is 38.1 Å². The smallest absolute Gasteiger partial charge is 0.208 e. The second kappa shape index (κ2) is 5.87. The molecular weight excluding hydrogens is 316 g/mol. The highest BCUT2D eigenvalue weighted by atomic mass is 79.9. The Bertz CT molecular complexity index is 534. The van der Waals surface area contributed by atoms with E-state index in [1.165, 1.54) is 0 Å². The highest BCUT2D eigenvalue weighted by molar-refractivity contribution is 9.10. The summed E-state index contributed by atoms with van der Waals surface area (Å²) in [6.45, 7) is 5.21. The molecule has 0 saturated heterocycles. The molecule has 1 aromatic heterocycles. The van der Waals surface area contributed by atoms with Gasteiger partial charge in [0, 0.05) is 16.0 Å². The van der Waals surface area contributed by atoms with Crippen molar-refractivity contribution in [2.75, 3.05) is 0 Å². The van der Waals surface area contributed by atoms with Gasteiger partial charge in [0.15, 0.2) is 0 Å². The second-order valence-electron chi connectivity index (χ2n) is 4.09. The molecule has 1 heterocycles. The average molecular weight is 330 g/mol. The van der Waals surface area contributed by atoms with Gasteiger partial charge >= 0.3 is 0 Å². The molecule has 0 fully saturated rings. The van der Waals surface area contributed by atoms with Crippen LogP contribution < -0.4 is 5.32 Å². The van der Waals surface area contributed by atoms with Crippen LogP contribution in [0.3, 0.4) is 0 Å². The lowest BCUT2D eigenvalue weighted by atomic mass is 10.2. The molecule has 5 heteroatoms. The van der Waals surface area contributed by atoms with Crippen LogP contribution in [0.5, 0.6) is 0 Å². The average Bonchev–Trinajstić information content (AvgIpc) is 2.61. The zero-order valence-corrected chi connectivity index (χ0v) is 12.6. The summed E-state index contributed by atoms with van der Waals surface area (Å²) >= 11 is 9.38. The lowest BCUT2D eigenvalue weighted by Crippen LogP contribution is -2.13. The summed E-state index contributed by atoms with van der Waals surface area (Å²) in [7, 11) is 0. The van der Waals surface area contributed by atoms with E-state index in [4.69, 9.17) is 16.0 Å². The molecule has 0 aliphatic heterocycles. The SMILES string of the molecule is Cc1nc(CNCc2ccc(Cl)cc2Br)oc1C. The Kier molecular flexibility index (Phi) is 4.43. The molecule has 0 amide bonds. The number of aromatic nitrogens is 1. The van der Waals surface area contributed by atoms with E-state index in [-0.39, 0.29) is 0 Å². The number of nitrogens with one attached hydrogen (secondary N) is 1. The van der Waals surface area contributed by atoms with Crippen LogP contribution in [0, 0.1) is 13.8 Å². The maximum absolute atomic E-state index is 5.89. The number of aryl methyl sites for hydroxylation is 2. The van der Waals surface area contributed by atoms with Gasteiger partial charge in [0.25, 0.3) is 0 Å². The Labute approximate surface area is 120 Å². The molecule has 2 aromatic rings. The van der Waals surface area contributed by atoms with E-state index < -0.39 is 0 Å². The molecule has 0 radical (unpaired) electrons. The molecule has 0 spiro atoms. The van der Waals surface area contributed by atoms with Gasteiger partial charge in [-0.15, -0.1) is 0 Å². The molecule has 3 nitrogen and oxygen atoms in total. The van der Waals surface area contributed by atoms with Crippen molar-refractivity contribution < 1.29 is 4.42 Å². The van der Waals surface area contributed by atoms with Crippen LogP contribution in [0.15, 0.2) is 27.1 Å². The van der Waals surface area contributed by atoms with Gasteiger partial charge < -0.3 is 9.73 Å². The molecule has 96 valence electrons.